The van der Waals surface area contributed by atoms with Crippen molar-refractivity contribution in [2.24, 2.45) is 11.7 Å². The van der Waals surface area contributed by atoms with E-state index in [0.29, 0.717) is 50.9 Å². The van der Waals surface area contributed by atoms with Crippen LogP contribution in [0.1, 0.15) is 32.3 Å². The van der Waals surface area contributed by atoms with E-state index in [0.717, 1.165) is 18.4 Å². The second kappa shape index (κ2) is 9.47. The van der Waals surface area contributed by atoms with E-state index >= 15 is 0 Å². The van der Waals surface area contributed by atoms with Crippen molar-refractivity contribution in [2.75, 3.05) is 39.4 Å². The first kappa shape index (κ1) is 22.3. The molecule has 2 heterocycles. The van der Waals surface area contributed by atoms with E-state index < -0.39 is 5.41 Å². The molecule has 2 amide bonds. The molecule has 3 N–H and O–H groups in total. The third kappa shape index (κ3) is 4.70. The number of nitrogens with one attached hydrogen (secondary N) is 1. The Morgan fingerprint density at radius 3 is 2.68 bits per heavy atom. The van der Waals surface area contributed by atoms with Crippen LogP contribution in [0.25, 0.3) is 0 Å². The molecule has 156 valence electrons. The Bertz CT molecular complexity index is 711. The molecule has 1 atom stereocenters. The SMILES string of the molecule is CC(C)(C(=O)N1CCCC(C(=O)NCCN)C1)c1ccc2c(c1)OCCO2.Cl. The van der Waals surface area contributed by atoms with E-state index in [2.05, 4.69) is 5.32 Å². The highest BCUT2D eigenvalue weighted by Crippen LogP contribution is 2.36. The summed E-state index contributed by atoms with van der Waals surface area (Å²) in [5.74, 6) is 1.22. The molecule has 3 rings (SSSR count). The van der Waals surface area contributed by atoms with E-state index in [1.54, 1.807) is 0 Å². The zero-order valence-electron chi connectivity index (χ0n) is 16.5. The average molecular weight is 412 g/mol. The van der Waals surface area contributed by atoms with Gasteiger partial charge in [0.05, 0.1) is 11.3 Å². The molecule has 1 aromatic carbocycles. The van der Waals surface area contributed by atoms with Crippen LogP contribution < -0.4 is 20.5 Å². The van der Waals surface area contributed by atoms with Gasteiger partial charge in [-0.15, -0.1) is 12.4 Å². The molecule has 28 heavy (non-hydrogen) atoms. The summed E-state index contributed by atoms with van der Waals surface area (Å²) in [5.41, 5.74) is 5.62. The predicted molar refractivity (Wildman–Crippen MR) is 109 cm³/mol. The van der Waals surface area contributed by atoms with Crippen LogP contribution in [0.3, 0.4) is 0 Å². The molecule has 2 aliphatic rings. The van der Waals surface area contributed by atoms with E-state index in [1.807, 2.05) is 36.9 Å². The molecule has 1 saturated heterocycles. The predicted octanol–water partition coefficient (Wildman–Crippen LogP) is 1.47. The molecule has 7 nitrogen and oxygen atoms in total. The number of carbonyl (C=O) groups is 2. The molecular weight excluding hydrogens is 382 g/mol. The zero-order valence-corrected chi connectivity index (χ0v) is 17.3. The molecule has 0 saturated carbocycles. The number of rotatable bonds is 5. The van der Waals surface area contributed by atoms with Gasteiger partial charge in [0.15, 0.2) is 11.5 Å². The average Bonchev–Trinajstić information content (AvgIpc) is 2.71. The Kier molecular flexibility index (Phi) is 7.55. The maximum absolute atomic E-state index is 13.3. The molecule has 0 spiro atoms. The van der Waals surface area contributed by atoms with Crippen LogP contribution in [-0.4, -0.2) is 56.1 Å². The lowest BCUT2D eigenvalue weighted by Crippen LogP contribution is -2.50. The van der Waals surface area contributed by atoms with Crippen LogP contribution >= 0.6 is 12.4 Å². The fraction of sp³-hybridized carbons (Fsp3) is 0.600. The number of hydrogen-bond donors (Lipinski definition) is 2. The molecule has 2 aliphatic heterocycles. The summed E-state index contributed by atoms with van der Waals surface area (Å²) in [5, 5.41) is 2.83. The molecule has 0 bridgehead atoms. The van der Waals surface area contributed by atoms with Crippen molar-refractivity contribution in [3.8, 4) is 11.5 Å². The highest BCUT2D eigenvalue weighted by atomic mass is 35.5. The van der Waals surface area contributed by atoms with Gasteiger partial charge >= 0.3 is 0 Å². The van der Waals surface area contributed by atoms with Gasteiger partial charge in [-0.2, -0.15) is 0 Å². The summed E-state index contributed by atoms with van der Waals surface area (Å²) in [6, 6.07) is 5.67. The second-order valence-corrected chi connectivity index (χ2v) is 7.65. The molecule has 1 fully saturated rings. The lowest BCUT2D eigenvalue weighted by Gasteiger charge is -2.37. The summed E-state index contributed by atoms with van der Waals surface area (Å²) in [6.45, 7) is 6.88. The lowest BCUT2D eigenvalue weighted by molar-refractivity contribution is -0.140. The number of amides is 2. The first-order valence-electron chi connectivity index (χ1n) is 9.60. The normalized spacial score (nSPS) is 18.8. The molecule has 1 aromatic rings. The minimum Gasteiger partial charge on any atom is -0.486 e. The first-order chi connectivity index (χ1) is 12.9. The number of benzene rings is 1. The van der Waals surface area contributed by atoms with Crippen molar-refractivity contribution in [3.05, 3.63) is 23.8 Å². The number of ether oxygens (including phenoxy) is 2. The molecular formula is C20H30ClN3O4. The molecule has 8 heteroatoms. The van der Waals surface area contributed by atoms with Crippen molar-refractivity contribution < 1.29 is 19.1 Å². The number of fused-ring (bicyclic) bond motifs is 1. The van der Waals surface area contributed by atoms with Crippen molar-refractivity contribution in [3.63, 3.8) is 0 Å². The number of likely N-dealkylation sites (tertiary alicyclic amines) is 1. The Morgan fingerprint density at radius 2 is 1.96 bits per heavy atom. The van der Waals surface area contributed by atoms with Gasteiger partial charge < -0.3 is 25.4 Å². The van der Waals surface area contributed by atoms with E-state index in [9.17, 15) is 9.59 Å². The highest BCUT2D eigenvalue weighted by molar-refractivity contribution is 5.88. The van der Waals surface area contributed by atoms with Crippen LogP contribution in [0.2, 0.25) is 0 Å². The van der Waals surface area contributed by atoms with Crippen LogP contribution in [0, 0.1) is 5.92 Å². The van der Waals surface area contributed by atoms with Gasteiger partial charge in [-0.05, 0) is 44.4 Å². The number of carbonyl (C=O) groups excluding carboxylic acids is 2. The maximum Gasteiger partial charge on any atom is 0.232 e. The van der Waals surface area contributed by atoms with E-state index in [-0.39, 0.29) is 30.1 Å². The summed E-state index contributed by atoms with van der Waals surface area (Å²) in [7, 11) is 0. The zero-order chi connectivity index (χ0) is 19.4. The first-order valence-corrected chi connectivity index (χ1v) is 9.60. The Morgan fingerprint density at radius 1 is 1.25 bits per heavy atom. The summed E-state index contributed by atoms with van der Waals surface area (Å²) >= 11 is 0. The van der Waals surface area contributed by atoms with Crippen LogP contribution in [0.15, 0.2) is 18.2 Å². The fourth-order valence-corrected chi connectivity index (χ4v) is 3.67. The minimum absolute atomic E-state index is 0. The highest BCUT2D eigenvalue weighted by Gasteiger charge is 2.37. The quantitative estimate of drug-likeness (QED) is 0.765. The summed E-state index contributed by atoms with van der Waals surface area (Å²) in [4.78, 5) is 27.4. The Balaban J connectivity index is 0.00000280. The number of nitrogens with zero attached hydrogens (tertiary/aromatic N) is 1. The van der Waals surface area contributed by atoms with Crippen LogP contribution in [0.4, 0.5) is 0 Å². The van der Waals surface area contributed by atoms with Gasteiger partial charge in [-0.3, -0.25) is 9.59 Å². The largest absolute Gasteiger partial charge is 0.486 e. The number of halogens is 1. The van der Waals surface area contributed by atoms with Crippen molar-refractivity contribution in [1.82, 2.24) is 10.2 Å². The van der Waals surface area contributed by atoms with Crippen molar-refractivity contribution in [1.29, 1.82) is 0 Å². The monoisotopic (exact) mass is 411 g/mol. The van der Waals surface area contributed by atoms with Gasteiger partial charge in [-0.1, -0.05) is 6.07 Å². The van der Waals surface area contributed by atoms with Gasteiger partial charge in [0.25, 0.3) is 0 Å². The third-order valence-electron chi connectivity index (χ3n) is 5.32. The Labute approximate surface area is 172 Å². The van der Waals surface area contributed by atoms with E-state index in [1.165, 1.54) is 0 Å². The van der Waals surface area contributed by atoms with Gasteiger partial charge in [0.1, 0.15) is 13.2 Å². The molecule has 1 unspecified atom stereocenters. The third-order valence-corrected chi connectivity index (χ3v) is 5.32. The van der Waals surface area contributed by atoms with Crippen LogP contribution in [-0.2, 0) is 15.0 Å². The standard InChI is InChI=1S/C20H29N3O4.ClH/c1-20(2,15-5-6-16-17(12-15)27-11-10-26-16)19(25)23-9-3-4-14(13-23)18(24)22-8-7-21;/h5-6,12,14H,3-4,7-11,13,21H2,1-2H3,(H,22,24);1H. The van der Waals surface area contributed by atoms with Gasteiger partial charge in [0.2, 0.25) is 11.8 Å². The van der Waals surface area contributed by atoms with Crippen LogP contribution in [0.5, 0.6) is 11.5 Å². The summed E-state index contributed by atoms with van der Waals surface area (Å²) < 4.78 is 11.2. The fourth-order valence-electron chi connectivity index (χ4n) is 3.67. The van der Waals surface area contributed by atoms with Crippen molar-refractivity contribution >= 4 is 24.2 Å². The molecule has 0 radical (unpaired) electrons. The van der Waals surface area contributed by atoms with Gasteiger partial charge in [-0.25, -0.2) is 0 Å². The van der Waals surface area contributed by atoms with Gasteiger partial charge in [0, 0.05) is 26.2 Å². The maximum atomic E-state index is 13.3. The minimum atomic E-state index is -0.717. The Hall–Kier alpha value is -1.99. The lowest BCUT2D eigenvalue weighted by atomic mass is 9.82. The molecule has 0 aliphatic carbocycles. The van der Waals surface area contributed by atoms with E-state index in [4.69, 9.17) is 15.2 Å². The van der Waals surface area contributed by atoms with Crippen molar-refractivity contribution in [2.45, 2.75) is 32.1 Å². The molecule has 0 aromatic heterocycles. The smallest absolute Gasteiger partial charge is 0.232 e. The second-order valence-electron chi connectivity index (χ2n) is 7.65. The number of nitrogens with two attached hydrogens (primary N) is 1. The number of hydrogen-bond acceptors (Lipinski definition) is 5. The topological polar surface area (TPSA) is 93.9 Å². The number of piperidine rings is 1. The summed E-state index contributed by atoms with van der Waals surface area (Å²) in [6.07, 6.45) is 1.62.